The van der Waals surface area contributed by atoms with Gasteiger partial charge in [-0.25, -0.2) is 9.78 Å². The topological polar surface area (TPSA) is 64.4 Å². The van der Waals surface area contributed by atoms with E-state index in [-0.39, 0.29) is 5.56 Å². The largest absolute Gasteiger partial charge is 0.478 e. The Balaban J connectivity index is 2.43. The molecule has 5 nitrogen and oxygen atoms in total. The van der Waals surface area contributed by atoms with Crippen LogP contribution in [0, 0.1) is 12.8 Å². The number of carboxylic acid groups (broad SMARTS) is 1. The van der Waals surface area contributed by atoms with E-state index in [1.807, 2.05) is 11.5 Å². The molecule has 0 aliphatic rings. The van der Waals surface area contributed by atoms with Crippen molar-refractivity contribution in [1.82, 2.24) is 9.55 Å². The Morgan fingerprint density at radius 3 is 2.89 bits per heavy atom. The van der Waals surface area contributed by atoms with Crippen LogP contribution in [0.2, 0.25) is 0 Å². The van der Waals surface area contributed by atoms with Crippen LogP contribution >= 0.6 is 0 Å². The highest BCUT2D eigenvalue weighted by Crippen LogP contribution is 2.19. The van der Waals surface area contributed by atoms with E-state index < -0.39 is 5.97 Å². The third-order valence-electron chi connectivity index (χ3n) is 3.13. The summed E-state index contributed by atoms with van der Waals surface area (Å²) in [7, 11) is 1.68. The van der Waals surface area contributed by atoms with Crippen molar-refractivity contribution in [3.05, 3.63) is 29.6 Å². The summed E-state index contributed by atoms with van der Waals surface area (Å²) in [6.07, 6.45) is 0. The third-order valence-corrected chi connectivity index (χ3v) is 3.13. The average molecular weight is 262 g/mol. The molecular formula is C14H18N2O3. The number of imidazole rings is 1. The average Bonchev–Trinajstić information content (AvgIpc) is 2.65. The smallest absolute Gasteiger partial charge is 0.335 e. The molecular weight excluding hydrogens is 244 g/mol. The van der Waals surface area contributed by atoms with E-state index in [4.69, 9.17) is 9.84 Å². The number of hydrogen-bond acceptors (Lipinski definition) is 3. The molecule has 1 aromatic heterocycles. The van der Waals surface area contributed by atoms with Gasteiger partial charge in [0, 0.05) is 13.7 Å². The molecule has 0 saturated heterocycles. The second kappa shape index (κ2) is 5.40. The fourth-order valence-corrected chi connectivity index (χ4v) is 2.26. The maximum Gasteiger partial charge on any atom is 0.335 e. The Morgan fingerprint density at radius 1 is 1.53 bits per heavy atom. The van der Waals surface area contributed by atoms with Gasteiger partial charge in [0.15, 0.2) is 0 Å². The van der Waals surface area contributed by atoms with Crippen LogP contribution in [0.5, 0.6) is 0 Å². The van der Waals surface area contributed by atoms with Crippen LogP contribution in [0.25, 0.3) is 11.0 Å². The predicted molar refractivity (Wildman–Crippen MR) is 72.5 cm³/mol. The van der Waals surface area contributed by atoms with Gasteiger partial charge in [-0.1, -0.05) is 6.92 Å². The van der Waals surface area contributed by atoms with Crippen LogP contribution in [0.15, 0.2) is 18.2 Å². The van der Waals surface area contributed by atoms with Gasteiger partial charge in [-0.05, 0) is 31.0 Å². The fourth-order valence-electron chi connectivity index (χ4n) is 2.26. The van der Waals surface area contributed by atoms with Crippen LogP contribution in [-0.2, 0) is 11.3 Å². The number of aryl methyl sites for hydroxylation is 1. The maximum atomic E-state index is 11.0. The minimum absolute atomic E-state index is 0.285. The quantitative estimate of drug-likeness (QED) is 0.898. The van der Waals surface area contributed by atoms with E-state index >= 15 is 0 Å². The lowest BCUT2D eigenvalue weighted by atomic mass is 10.1. The first kappa shape index (κ1) is 13.5. The van der Waals surface area contributed by atoms with Gasteiger partial charge in [0.25, 0.3) is 0 Å². The number of fused-ring (bicyclic) bond motifs is 1. The number of rotatable bonds is 5. The van der Waals surface area contributed by atoms with Crippen LogP contribution in [-0.4, -0.2) is 34.3 Å². The fraction of sp³-hybridized carbons (Fsp3) is 0.429. The van der Waals surface area contributed by atoms with E-state index in [1.165, 1.54) is 0 Å². The van der Waals surface area contributed by atoms with E-state index in [2.05, 4.69) is 11.9 Å². The molecule has 1 heterocycles. The number of aromatic carboxylic acids is 1. The molecule has 1 atom stereocenters. The molecule has 0 aliphatic heterocycles. The van der Waals surface area contributed by atoms with Gasteiger partial charge in [-0.2, -0.15) is 0 Å². The second-order valence-corrected chi connectivity index (χ2v) is 4.84. The second-order valence-electron chi connectivity index (χ2n) is 4.84. The Hall–Kier alpha value is -1.88. The van der Waals surface area contributed by atoms with Crippen molar-refractivity contribution in [3.8, 4) is 0 Å². The molecule has 5 heteroatoms. The Labute approximate surface area is 111 Å². The third kappa shape index (κ3) is 2.76. The first-order chi connectivity index (χ1) is 9.02. The van der Waals surface area contributed by atoms with Crippen molar-refractivity contribution in [2.45, 2.75) is 20.4 Å². The van der Waals surface area contributed by atoms with Gasteiger partial charge < -0.3 is 14.4 Å². The van der Waals surface area contributed by atoms with Crippen molar-refractivity contribution in [1.29, 1.82) is 0 Å². The lowest BCUT2D eigenvalue weighted by Gasteiger charge is -2.13. The molecule has 1 aromatic carbocycles. The molecule has 0 fully saturated rings. The highest BCUT2D eigenvalue weighted by atomic mass is 16.5. The van der Waals surface area contributed by atoms with E-state index in [0.717, 1.165) is 23.4 Å². The lowest BCUT2D eigenvalue weighted by molar-refractivity contribution is 0.0697. The molecule has 1 N–H and O–H groups in total. The minimum Gasteiger partial charge on any atom is -0.478 e. The first-order valence-electron chi connectivity index (χ1n) is 6.22. The molecule has 2 aromatic rings. The Bertz CT molecular complexity index is 604. The summed E-state index contributed by atoms with van der Waals surface area (Å²) < 4.78 is 7.19. The number of carboxylic acids is 1. The summed E-state index contributed by atoms with van der Waals surface area (Å²) in [6, 6.07) is 5.01. The summed E-state index contributed by atoms with van der Waals surface area (Å²) in [5.41, 5.74) is 1.97. The molecule has 0 radical (unpaired) electrons. The van der Waals surface area contributed by atoms with Gasteiger partial charge in [-0.3, -0.25) is 0 Å². The SMILES string of the molecule is COCC(C)Cn1c(C)nc2ccc(C(=O)O)cc21. The number of benzene rings is 1. The summed E-state index contributed by atoms with van der Waals surface area (Å²) in [6.45, 7) is 5.45. The summed E-state index contributed by atoms with van der Waals surface area (Å²) in [5.74, 6) is 0.312. The van der Waals surface area contributed by atoms with Gasteiger partial charge in [0.05, 0.1) is 23.2 Å². The normalized spacial score (nSPS) is 12.8. The molecule has 1 unspecified atom stereocenters. The van der Waals surface area contributed by atoms with Crippen molar-refractivity contribution in [3.63, 3.8) is 0 Å². The van der Waals surface area contributed by atoms with Gasteiger partial charge >= 0.3 is 5.97 Å². The van der Waals surface area contributed by atoms with Crippen LogP contribution in [0.1, 0.15) is 23.1 Å². The zero-order valence-corrected chi connectivity index (χ0v) is 11.4. The van der Waals surface area contributed by atoms with Crippen molar-refractivity contribution in [2.75, 3.05) is 13.7 Å². The molecule has 0 saturated carbocycles. The standard InChI is InChI=1S/C14H18N2O3/c1-9(8-19-3)7-16-10(2)15-12-5-4-11(14(17)18)6-13(12)16/h4-6,9H,7-8H2,1-3H3,(H,17,18). The monoisotopic (exact) mass is 262 g/mol. The van der Waals surface area contributed by atoms with E-state index in [9.17, 15) is 4.79 Å². The van der Waals surface area contributed by atoms with Crippen molar-refractivity contribution >= 4 is 17.0 Å². The predicted octanol–water partition coefficient (Wildman–Crippen LogP) is 2.33. The number of nitrogens with zero attached hydrogens (tertiary/aromatic N) is 2. The van der Waals surface area contributed by atoms with Gasteiger partial charge in [0.1, 0.15) is 5.82 Å². The van der Waals surface area contributed by atoms with Gasteiger partial charge in [0.2, 0.25) is 0 Å². The van der Waals surface area contributed by atoms with Crippen LogP contribution < -0.4 is 0 Å². The number of carbonyl (C=O) groups is 1. The molecule has 19 heavy (non-hydrogen) atoms. The molecule has 0 bridgehead atoms. The van der Waals surface area contributed by atoms with E-state index in [1.54, 1.807) is 25.3 Å². The number of aromatic nitrogens is 2. The van der Waals surface area contributed by atoms with Crippen LogP contribution in [0.3, 0.4) is 0 Å². The minimum atomic E-state index is -0.919. The first-order valence-corrected chi connectivity index (χ1v) is 6.22. The van der Waals surface area contributed by atoms with Crippen molar-refractivity contribution < 1.29 is 14.6 Å². The number of ether oxygens (including phenoxy) is 1. The Morgan fingerprint density at radius 2 is 2.26 bits per heavy atom. The molecule has 0 aliphatic carbocycles. The Kier molecular flexibility index (Phi) is 3.85. The summed E-state index contributed by atoms with van der Waals surface area (Å²) in [5, 5.41) is 9.06. The summed E-state index contributed by atoms with van der Waals surface area (Å²) in [4.78, 5) is 15.5. The zero-order chi connectivity index (χ0) is 14.0. The summed E-state index contributed by atoms with van der Waals surface area (Å²) >= 11 is 0. The maximum absolute atomic E-state index is 11.0. The molecule has 0 amide bonds. The van der Waals surface area contributed by atoms with Gasteiger partial charge in [-0.15, -0.1) is 0 Å². The zero-order valence-electron chi connectivity index (χ0n) is 11.4. The lowest BCUT2D eigenvalue weighted by Crippen LogP contribution is -2.13. The number of hydrogen-bond donors (Lipinski definition) is 1. The molecule has 102 valence electrons. The van der Waals surface area contributed by atoms with E-state index in [0.29, 0.717) is 12.5 Å². The highest BCUT2D eigenvalue weighted by molar-refractivity contribution is 5.92. The highest BCUT2D eigenvalue weighted by Gasteiger charge is 2.13. The molecule has 0 spiro atoms. The molecule has 2 rings (SSSR count). The number of methoxy groups -OCH3 is 1. The van der Waals surface area contributed by atoms with Crippen LogP contribution in [0.4, 0.5) is 0 Å². The van der Waals surface area contributed by atoms with Crippen molar-refractivity contribution in [2.24, 2.45) is 5.92 Å².